The summed E-state index contributed by atoms with van der Waals surface area (Å²) in [6, 6.07) is 3.97. The van der Waals surface area contributed by atoms with Crippen LogP contribution in [0.3, 0.4) is 0 Å². The molecule has 0 bridgehead atoms. The van der Waals surface area contributed by atoms with Crippen LogP contribution in [0.25, 0.3) is 22.3 Å². The van der Waals surface area contributed by atoms with Gasteiger partial charge >= 0.3 is 0 Å². The number of piperidine rings is 1. The second-order valence-electron chi connectivity index (χ2n) is 9.46. The number of fused-ring (bicyclic) bond motifs is 1. The Balaban J connectivity index is 1.40. The standard InChI is InChI=1S/C26H25F3N8/c27-18-11-20(28)35-26(23(18)29)36-21-10-15(4-9-32-21)24-34-19-13-31-12-17(14-2-1-3-14)22(19)25(37-24)33-16-5-7-30-8-6-16/h4,9-14,16,30H,1-3,5-8H2,(H,32,35,36)(H,33,34,37). The summed E-state index contributed by atoms with van der Waals surface area (Å²) in [7, 11) is 0. The maximum Gasteiger partial charge on any atom is 0.217 e. The summed E-state index contributed by atoms with van der Waals surface area (Å²) in [6.07, 6.45) is 10.6. The van der Waals surface area contributed by atoms with Crippen LogP contribution in [0.2, 0.25) is 0 Å². The van der Waals surface area contributed by atoms with Crippen LogP contribution in [0.15, 0.2) is 36.8 Å². The summed E-state index contributed by atoms with van der Waals surface area (Å²) < 4.78 is 41.3. The van der Waals surface area contributed by atoms with Crippen molar-refractivity contribution in [2.45, 2.75) is 44.1 Å². The zero-order valence-corrected chi connectivity index (χ0v) is 19.9. The number of rotatable bonds is 6. The van der Waals surface area contributed by atoms with Gasteiger partial charge in [-0.15, -0.1) is 0 Å². The fourth-order valence-electron chi connectivity index (χ4n) is 4.84. The summed E-state index contributed by atoms with van der Waals surface area (Å²) in [6.45, 7) is 1.88. The molecule has 4 aromatic rings. The molecule has 1 saturated carbocycles. The van der Waals surface area contributed by atoms with Crippen molar-refractivity contribution < 1.29 is 13.2 Å². The zero-order valence-electron chi connectivity index (χ0n) is 19.9. The summed E-state index contributed by atoms with van der Waals surface area (Å²) in [4.78, 5) is 21.7. The molecule has 37 heavy (non-hydrogen) atoms. The first-order chi connectivity index (χ1) is 18.0. The van der Waals surface area contributed by atoms with Crippen molar-refractivity contribution in [2.24, 2.45) is 0 Å². The molecule has 2 fully saturated rings. The topological polar surface area (TPSA) is 101 Å². The lowest BCUT2D eigenvalue weighted by Crippen LogP contribution is -2.35. The van der Waals surface area contributed by atoms with Crippen LogP contribution in [0.1, 0.15) is 43.6 Å². The van der Waals surface area contributed by atoms with Crippen LogP contribution in [0.5, 0.6) is 0 Å². The molecule has 4 aromatic heterocycles. The fourth-order valence-corrected chi connectivity index (χ4v) is 4.84. The van der Waals surface area contributed by atoms with Crippen LogP contribution in [-0.4, -0.2) is 44.1 Å². The van der Waals surface area contributed by atoms with Crippen LogP contribution < -0.4 is 16.0 Å². The molecule has 0 amide bonds. The number of halogens is 3. The highest BCUT2D eigenvalue weighted by Gasteiger charge is 2.26. The third kappa shape index (κ3) is 4.78. The summed E-state index contributed by atoms with van der Waals surface area (Å²) in [5, 5.41) is 10.6. The van der Waals surface area contributed by atoms with E-state index in [0.29, 0.717) is 23.4 Å². The number of nitrogens with zero attached hydrogens (tertiary/aromatic N) is 5. The predicted molar refractivity (Wildman–Crippen MR) is 134 cm³/mol. The maximum absolute atomic E-state index is 14.1. The highest BCUT2D eigenvalue weighted by atomic mass is 19.2. The van der Waals surface area contributed by atoms with E-state index in [1.165, 1.54) is 18.2 Å². The van der Waals surface area contributed by atoms with Crippen molar-refractivity contribution in [1.29, 1.82) is 0 Å². The van der Waals surface area contributed by atoms with Gasteiger partial charge in [0.1, 0.15) is 11.6 Å². The minimum Gasteiger partial charge on any atom is -0.367 e. The zero-order chi connectivity index (χ0) is 25.4. The average Bonchev–Trinajstić information content (AvgIpc) is 2.87. The lowest BCUT2D eigenvalue weighted by molar-refractivity contribution is 0.421. The Kier molecular flexibility index (Phi) is 6.29. The number of pyridine rings is 3. The van der Waals surface area contributed by atoms with Gasteiger partial charge in [0.15, 0.2) is 17.5 Å². The van der Waals surface area contributed by atoms with Gasteiger partial charge in [-0.1, -0.05) is 6.42 Å². The highest BCUT2D eigenvalue weighted by molar-refractivity contribution is 5.93. The van der Waals surface area contributed by atoms with Gasteiger partial charge in [-0.2, -0.15) is 13.8 Å². The number of hydrogen-bond donors (Lipinski definition) is 3. The molecule has 0 radical (unpaired) electrons. The summed E-state index contributed by atoms with van der Waals surface area (Å²) in [5.74, 6) is -2.57. The van der Waals surface area contributed by atoms with Crippen LogP contribution in [-0.2, 0) is 0 Å². The van der Waals surface area contributed by atoms with Gasteiger partial charge in [0.05, 0.1) is 11.7 Å². The lowest BCUT2D eigenvalue weighted by atomic mass is 9.79. The number of anilines is 3. The van der Waals surface area contributed by atoms with Gasteiger partial charge in [-0.3, -0.25) is 4.98 Å². The number of hydrogen-bond acceptors (Lipinski definition) is 8. The van der Waals surface area contributed by atoms with Crippen molar-refractivity contribution in [2.75, 3.05) is 23.7 Å². The van der Waals surface area contributed by atoms with E-state index in [-0.39, 0.29) is 11.9 Å². The molecule has 1 aliphatic carbocycles. The van der Waals surface area contributed by atoms with E-state index in [1.54, 1.807) is 18.3 Å². The van der Waals surface area contributed by atoms with Crippen LogP contribution >= 0.6 is 0 Å². The molecule has 0 unspecified atom stereocenters. The molecule has 8 nitrogen and oxygen atoms in total. The molecule has 1 saturated heterocycles. The van der Waals surface area contributed by atoms with Crippen molar-refractivity contribution in [3.63, 3.8) is 0 Å². The van der Waals surface area contributed by atoms with Crippen molar-refractivity contribution in [1.82, 2.24) is 30.2 Å². The first-order valence-corrected chi connectivity index (χ1v) is 12.4. The lowest BCUT2D eigenvalue weighted by Gasteiger charge is -2.29. The molecule has 6 rings (SSSR count). The normalized spacial score (nSPS) is 16.5. The smallest absolute Gasteiger partial charge is 0.217 e. The van der Waals surface area contributed by atoms with Gasteiger partial charge in [-0.25, -0.2) is 19.3 Å². The monoisotopic (exact) mass is 506 g/mol. The third-order valence-electron chi connectivity index (χ3n) is 7.01. The summed E-state index contributed by atoms with van der Waals surface area (Å²) in [5.41, 5.74) is 2.50. The summed E-state index contributed by atoms with van der Waals surface area (Å²) >= 11 is 0. The van der Waals surface area contributed by atoms with Crippen LogP contribution in [0.4, 0.5) is 30.6 Å². The van der Waals surface area contributed by atoms with Crippen LogP contribution in [0, 0.1) is 17.6 Å². The molecule has 0 spiro atoms. The molecule has 2 aliphatic rings. The molecule has 190 valence electrons. The minimum absolute atomic E-state index is 0.145. The largest absolute Gasteiger partial charge is 0.367 e. The number of nitrogens with one attached hydrogen (secondary N) is 3. The molecular weight excluding hydrogens is 481 g/mol. The highest BCUT2D eigenvalue weighted by Crippen LogP contribution is 2.41. The van der Waals surface area contributed by atoms with E-state index < -0.39 is 23.4 Å². The average molecular weight is 507 g/mol. The van der Waals surface area contributed by atoms with E-state index in [2.05, 4.69) is 30.9 Å². The number of aromatic nitrogens is 5. The van der Waals surface area contributed by atoms with E-state index in [9.17, 15) is 13.2 Å². The third-order valence-corrected chi connectivity index (χ3v) is 7.01. The van der Waals surface area contributed by atoms with E-state index >= 15 is 0 Å². The molecule has 0 atom stereocenters. The Bertz CT molecular complexity index is 1450. The second-order valence-corrected chi connectivity index (χ2v) is 9.46. The second kappa shape index (κ2) is 9.89. The Labute approximate surface area is 211 Å². The molecule has 5 heterocycles. The Morgan fingerprint density at radius 1 is 0.919 bits per heavy atom. The van der Waals surface area contributed by atoms with Gasteiger partial charge < -0.3 is 16.0 Å². The molecule has 0 aromatic carbocycles. The quantitative estimate of drug-likeness (QED) is 0.312. The van der Waals surface area contributed by atoms with E-state index in [1.807, 2.05) is 6.20 Å². The fraction of sp³-hybridized carbons (Fsp3) is 0.346. The van der Waals surface area contributed by atoms with E-state index in [4.69, 9.17) is 9.97 Å². The Morgan fingerprint density at radius 3 is 2.54 bits per heavy atom. The molecular formula is C26H25F3N8. The molecule has 11 heteroatoms. The first kappa shape index (κ1) is 23.5. The van der Waals surface area contributed by atoms with Crippen molar-refractivity contribution in [3.8, 4) is 11.4 Å². The van der Waals surface area contributed by atoms with Gasteiger partial charge in [-0.05, 0) is 62.4 Å². The van der Waals surface area contributed by atoms with Crippen molar-refractivity contribution >= 4 is 28.4 Å². The Morgan fingerprint density at radius 2 is 1.76 bits per heavy atom. The Hall–Kier alpha value is -3.86. The van der Waals surface area contributed by atoms with Gasteiger partial charge in [0, 0.05) is 35.5 Å². The minimum atomic E-state index is -1.34. The first-order valence-electron chi connectivity index (χ1n) is 12.4. The SMILES string of the molecule is Fc1cc(F)c(F)c(Nc2cc(-c3nc(NC4CCNCC4)c4c(C5CCC5)cncc4n3)ccn2)n1. The van der Waals surface area contributed by atoms with Crippen molar-refractivity contribution in [3.05, 3.63) is 59.9 Å². The van der Waals surface area contributed by atoms with E-state index in [0.717, 1.165) is 55.5 Å². The maximum atomic E-state index is 14.1. The molecule has 1 aliphatic heterocycles. The van der Waals surface area contributed by atoms with Gasteiger partial charge in [0.2, 0.25) is 11.8 Å². The van der Waals surface area contributed by atoms with Gasteiger partial charge in [0.25, 0.3) is 0 Å². The molecule has 3 N–H and O–H groups in total. The predicted octanol–water partition coefficient (Wildman–Crippen LogP) is 5.07.